The standard InChI is InChI=1S/C14H29N3O/c1-5-11-9-17(8-7-12(11)15)10-13(18)16-14(3,4)6-2/h11-12H,5-10,15H2,1-4H3,(H,16,18). The largest absolute Gasteiger partial charge is 0.350 e. The van der Waals surface area contributed by atoms with Gasteiger partial charge in [-0.1, -0.05) is 20.3 Å². The molecule has 0 aromatic carbocycles. The Morgan fingerprint density at radius 2 is 2.11 bits per heavy atom. The molecular formula is C14H29N3O. The van der Waals surface area contributed by atoms with Crippen LogP contribution in [0.5, 0.6) is 0 Å². The molecule has 18 heavy (non-hydrogen) atoms. The Labute approximate surface area is 111 Å². The van der Waals surface area contributed by atoms with Crippen LogP contribution in [0.15, 0.2) is 0 Å². The fourth-order valence-electron chi connectivity index (χ4n) is 2.41. The predicted octanol–water partition coefficient (Wildman–Crippen LogP) is 1.35. The summed E-state index contributed by atoms with van der Waals surface area (Å²) in [7, 11) is 0. The van der Waals surface area contributed by atoms with Gasteiger partial charge in [0.1, 0.15) is 0 Å². The summed E-state index contributed by atoms with van der Waals surface area (Å²) >= 11 is 0. The number of piperidine rings is 1. The van der Waals surface area contributed by atoms with Gasteiger partial charge in [-0.05, 0) is 32.6 Å². The Hall–Kier alpha value is -0.610. The second-order valence-electron chi connectivity index (χ2n) is 6.14. The molecule has 0 radical (unpaired) electrons. The van der Waals surface area contributed by atoms with Gasteiger partial charge in [-0.3, -0.25) is 9.69 Å². The molecule has 106 valence electrons. The molecule has 1 aliphatic rings. The van der Waals surface area contributed by atoms with Crippen molar-refractivity contribution in [2.24, 2.45) is 11.7 Å². The molecule has 0 saturated carbocycles. The molecule has 2 unspecified atom stereocenters. The minimum Gasteiger partial charge on any atom is -0.350 e. The molecule has 4 heteroatoms. The summed E-state index contributed by atoms with van der Waals surface area (Å²) in [5.74, 6) is 0.665. The average Bonchev–Trinajstić information content (AvgIpc) is 2.31. The molecule has 0 aliphatic carbocycles. The van der Waals surface area contributed by atoms with Crippen LogP contribution in [0.3, 0.4) is 0 Å². The van der Waals surface area contributed by atoms with Crippen LogP contribution in [-0.4, -0.2) is 42.0 Å². The van der Waals surface area contributed by atoms with Gasteiger partial charge in [0.05, 0.1) is 6.54 Å². The van der Waals surface area contributed by atoms with E-state index in [2.05, 4.69) is 37.9 Å². The predicted molar refractivity (Wildman–Crippen MR) is 75.3 cm³/mol. The first kappa shape index (κ1) is 15.4. The van der Waals surface area contributed by atoms with Crippen molar-refractivity contribution in [1.29, 1.82) is 0 Å². The molecule has 0 aromatic heterocycles. The SMILES string of the molecule is CCC1CN(CC(=O)NC(C)(C)CC)CCC1N. The van der Waals surface area contributed by atoms with E-state index in [9.17, 15) is 4.79 Å². The van der Waals surface area contributed by atoms with E-state index < -0.39 is 0 Å². The fraction of sp³-hybridized carbons (Fsp3) is 0.929. The summed E-state index contributed by atoms with van der Waals surface area (Å²) < 4.78 is 0. The third-order valence-corrected chi connectivity index (χ3v) is 4.13. The van der Waals surface area contributed by atoms with Crippen molar-refractivity contribution >= 4 is 5.91 Å². The summed E-state index contributed by atoms with van der Waals surface area (Å²) in [5.41, 5.74) is 5.97. The number of nitrogens with zero attached hydrogens (tertiary/aromatic N) is 1. The molecule has 0 aromatic rings. The lowest BCUT2D eigenvalue weighted by atomic mass is 9.91. The number of carbonyl (C=O) groups is 1. The van der Waals surface area contributed by atoms with E-state index in [4.69, 9.17) is 5.73 Å². The molecule has 0 bridgehead atoms. The Kier molecular flexibility index (Phi) is 5.60. The number of amides is 1. The number of nitrogens with one attached hydrogen (secondary N) is 1. The molecule has 1 saturated heterocycles. The lowest BCUT2D eigenvalue weighted by molar-refractivity contribution is -0.124. The molecule has 4 nitrogen and oxygen atoms in total. The Morgan fingerprint density at radius 1 is 1.44 bits per heavy atom. The molecule has 1 aliphatic heterocycles. The van der Waals surface area contributed by atoms with Crippen molar-refractivity contribution in [2.45, 2.75) is 58.5 Å². The first-order chi connectivity index (χ1) is 8.38. The van der Waals surface area contributed by atoms with E-state index in [0.717, 1.165) is 32.4 Å². The van der Waals surface area contributed by atoms with Crippen LogP contribution in [0, 0.1) is 5.92 Å². The number of likely N-dealkylation sites (tertiary alicyclic amines) is 1. The zero-order valence-electron chi connectivity index (χ0n) is 12.3. The highest BCUT2D eigenvalue weighted by molar-refractivity contribution is 5.78. The number of hydrogen-bond donors (Lipinski definition) is 2. The topological polar surface area (TPSA) is 58.4 Å². The minimum atomic E-state index is -0.104. The quantitative estimate of drug-likeness (QED) is 0.779. The van der Waals surface area contributed by atoms with Gasteiger partial charge in [-0.2, -0.15) is 0 Å². The van der Waals surface area contributed by atoms with Gasteiger partial charge in [0.25, 0.3) is 0 Å². The number of hydrogen-bond acceptors (Lipinski definition) is 3. The normalized spacial score (nSPS) is 26.1. The van der Waals surface area contributed by atoms with E-state index in [1.54, 1.807) is 0 Å². The van der Waals surface area contributed by atoms with Gasteiger partial charge in [0, 0.05) is 24.7 Å². The van der Waals surface area contributed by atoms with Crippen LogP contribution in [0.25, 0.3) is 0 Å². The van der Waals surface area contributed by atoms with Gasteiger partial charge in [0.15, 0.2) is 0 Å². The van der Waals surface area contributed by atoms with Gasteiger partial charge < -0.3 is 11.1 Å². The van der Waals surface area contributed by atoms with Crippen LogP contribution in [-0.2, 0) is 4.79 Å². The van der Waals surface area contributed by atoms with Gasteiger partial charge in [-0.15, -0.1) is 0 Å². The number of rotatable bonds is 5. The highest BCUT2D eigenvalue weighted by Crippen LogP contribution is 2.18. The molecule has 1 heterocycles. The fourth-order valence-corrected chi connectivity index (χ4v) is 2.41. The molecule has 1 fully saturated rings. The number of carbonyl (C=O) groups excluding carboxylic acids is 1. The maximum absolute atomic E-state index is 12.0. The third-order valence-electron chi connectivity index (χ3n) is 4.13. The summed E-state index contributed by atoms with van der Waals surface area (Å²) in [6, 6.07) is 0.307. The molecule has 1 amide bonds. The third kappa shape index (κ3) is 4.58. The van der Waals surface area contributed by atoms with Crippen molar-refractivity contribution in [1.82, 2.24) is 10.2 Å². The van der Waals surface area contributed by atoms with Crippen molar-refractivity contribution < 1.29 is 4.79 Å². The van der Waals surface area contributed by atoms with E-state index in [-0.39, 0.29) is 11.4 Å². The van der Waals surface area contributed by atoms with Crippen molar-refractivity contribution in [3.63, 3.8) is 0 Å². The maximum Gasteiger partial charge on any atom is 0.234 e. The summed E-state index contributed by atoms with van der Waals surface area (Å²) in [6.45, 7) is 10.8. The Bertz CT molecular complexity index is 278. The maximum atomic E-state index is 12.0. The van der Waals surface area contributed by atoms with Gasteiger partial charge in [-0.25, -0.2) is 0 Å². The Morgan fingerprint density at radius 3 is 2.67 bits per heavy atom. The van der Waals surface area contributed by atoms with E-state index in [1.165, 1.54) is 0 Å². The molecule has 0 spiro atoms. The zero-order valence-corrected chi connectivity index (χ0v) is 12.3. The zero-order chi connectivity index (χ0) is 13.8. The summed E-state index contributed by atoms with van der Waals surface area (Å²) in [5, 5.41) is 3.09. The second-order valence-corrected chi connectivity index (χ2v) is 6.14. The van der Waals surface area contributed by atoms with Gasteiger partial charge in [0.2, 0.25) is 5.91 Å². The number of nitrogens with two attached hydrogens (primary N) is 1. The summed E-state index contributed by atoms with van der Waals surface area (Å²) in [6.07, 6.45) is 3.05. The minimum absolute atomic E-state index is 0.104. The van der Waals surface area contributed by atoms with Crippen LogP contribution in [0.4, 0.5) is 0 Å². The second kappa shape index (κ2) is 6.53. The van der Waals surface area contributed by atoms with Crippen molar-refractivity contribution in [2.75, 3.05) is 19.6 Å². The van der Waals surface area contributed by atoms with E-state index in [0.29, 0.717) is 18.5 Å². The lowest BCUT2D eigenvalue weighted by Gasteiger charge is -2.36. The monoisotopic (exact) mass is 255 g/mol. The molecule has 3 N–H and O–H groups in total. The highest BCUT2D eigenvalue weighted by atomic mass is 16.2. The molecular weight excluding hydrogens is 226 g/mol. The average molecular weight is 255 g/mol. The molecule has 2 atom stereocenters. The first-order valence-electron chi connectivity index (χ1n) is 7.17. The van der Waals surface area contributed by atoms with Crippen LogP contribution < -0.4 is 11.1 Å². The lowest BCUT2D eigenvalue weighted by Crippen LogP contribution is -2.52. The van der Waals surface area contributed by atoms with Crippen LogP contribution >= 0.6 is 0 Å². The van der Waals surface area contributed by atoms with Crippen molar-refractivity contribution in [3.05, 3.63) is 0 Å². The highest BCUT2D eigenvalue weighted by Gasteiger charge is 2.27. The molecule has 1 rings (SSSR count). The van der Waals surface area contributed by atoms with E-state index >= 15 is 0 Å². The van der Waals surface area contributed by atoms with Crippen LogP contribution in [0.1, 0.15) is 47.0 Å². The van der Waals surface area contributed by atoms with Crippen molar-refractivity contribution in [3.8, 4) is 0 Å². The Balaban J connectivity index is 2.41. The van der Waals surface area contributed by atoms with Crippen LogP contribution in [0.2, 0.25) is 0 Å². The van der Waals surface area contributed by atoms with Gasteiger partial charge >= 0.3 is 0 Å². The smallest absolute Gasteiger partial charge is 0.234 e. The summed E-state index contributed by atoms with van der Waals surface area (Å²) in [4.78, 5) is 14.2. The first-order valence-corrected chi connectivity index (χ1v) is 7.17. The van der Waals surface area contributed by atoms with E-state index in [1.807, 2.05) is 0 Å².